The molecule has 0 bridgehead atoms. The van der Waals surface area contributed by atoms with E-state index in [-0.39, 0.29) is 0 Å². The average Bonchev–Trinajstić information content (AvgIpc) is 2.41. The van der Waals surface area contributed by atoms with Gasteiger partial charge in [-0.05, 0) is 30.7 Å². The zero-order valence-electron chi connectivity index (χ0n) is 10.8. The maximum atomic E-state index is 10.6. The number of benzene rings is 2. The molecule has 0 atom stereocenters. The molecular weight excluding hydrogens is 276 g/mol. The summed E-state index contributed by atoms with van der Waals surface area (Å²) in [5.74, 6) is 0.110. The van der Waals surface area contributed by atoms with Crippen LogP contribution >= 0.6 is 11.6 Å². The van der Waals surface area contributed by atoms with Crippen molar-refractivity contribution in [1.29, 1.82) is 0 Å². The Hall–Kier alpha value is -2.26. The molecule has 0 saturated carbocycles. The van der Waals surface area contributed by atoms with Gasteiger partial charge in [0.05, 0.1) is 5.02 Å². The van der Waals surface area contributed by atoms with Gasteiger partial charge in [-0.15, -0.1) is 0 Å². The number of hydrogen-bond donors (Lipinski definition) is 1. The van der Waals surface area contributed by atoms with Crippen LogP contribution in [0.25, 0.3) is 6.08 Å². The minimum Gasteiger partial charge on any atom is -0.478 e. The average molecular weight is 289 g/mol. The van der Waals surface area contributed by atoms with Gasteiger partial charge >= 0.3 is 5.97 Å². The van der Waals surface area contributed by atoms with E-state index in [0.29, 0.717) is 22.1 Å². The Balaban J connectivity index is 2.40. The number of carbonyl (C=O) groups is 1. The fourth-order valence-corrected chi connectivity index (χ4v) is 1.93. The number of ether oxygens (including phenoxy) is 1. The first-order valence-electron chi connectivity index (χ1n) is 6.01. The topological polar surface area (TPSA) is 46.5 Å². The molecule has 2 aromatic rings. The van der Waals surface area contributed by atoms with E-state index in [1.165, 1.54) is 6.08 Å². The Morgan fingerprint density at radius 3 is 2.65 bits per heavy atom. The third kappa shape index (κ3) is 3.39. The zero-order chi connectivity index (χ0) is 14.5. The van der Waals surface area contributed by atoms with Gasteiger partial charge in [0, 0.05) is 11.6 Å². The van der Waals surface area contributed by atoms with Gasteiger partial charge in [-0.25, -0.2) is 4.79 Å². The molecule has 102 valence electrons. The van der Waals surface area contributed by atoms with E-state index in [0.717, 1.165) is 11.6 Å². The maximum Gasteiger partial charge on any atom is 0.328 e. The van der Waals surface area contributed by atoms with Gasteiger partial charge in [0.2, 0.25) is 0 Å². The van der Waals surface area contributed by atoms with E-state index < -0.39 is 5.97 Å². The smallest absolute Gasteiger partial charge is 0.328 e. The SMILES string of the molecule is Cc1ccccc1Oc1c(Cl)cccc1/C=C/C(=O)O. The lowest BCUT2D eigenvalue weighted by Crippen LogP contribution is -1.92. The van der Waals surface area contributed by atoms with Gasteiger partial charge in [0.25, 0.3) is 0 Å². The van der Waals surface area contributed by atoms with Gasteiger partial charge in [-0.2, -0.15) is 0 Å². The van der Waals surface area contributed by atoms with Crippen molar-refractivity contribution >= 4 is 23.6 Å². The van der Waals surface area contributed by atoms with Crippen molar-refractivity contribution in [3.05, 3.63) is 64.7 Å². The first-order valence-corrected chi connectivity index (χ1v) is 6.38. The summed E-state index contributed by atoms with van der Waals surface area (Å²) in [7, 11) is 0. The second kappa shape index (κ2) is 6.26. The van der Waals surface area contributed by atoms with Crippen molar-refractivity contribution in [2.75, 3.05) is 0 Å². The Kier molecular flexibility index (Phi) is 4.43. The molecule has 0 fully saturated rings. The lowest BCUT2D eigenvalue weighted by molar-refractivity contribution is -0.131. The number of halogens is 1. The predicted octanol–water partition coefficient (Wildman–Crippen LogP) is 4.54. The molecule has 0 aliphatic carbocycles. The molecule has 0 aliphatic heterocycles. The summed E-state index contributed by atoms with van der Waals surface area (Å²) in [5.41, 5.74) is 1.59. The molecular formula is C16H13ClO3. The van der Waals surface area contributed by atoms with Crippen molar-refractivity contribution in [2.24, 2.45) is 0 Å². The van der Waals surface area contributed by atoms with E-state index in [4.69, 9.17) is 21.4 Å². The summed E-state index contributed by atoms with van der Waals surface area (Å²) in [6, 6.07) is 12.7. The van der Waals surface area contributed by atoms with Gasteiger partial charge in [0.15, 0.2) is 5.75 Å². The number of carboxylic acid groups (broad SMARTS) is 1. The highest BCUT2D eigenvalue weighted by molar-refractivity contribution is 6.32. The molecule has 3 nitrogen and oxygen atoms in total. The number of carboxylic acids is 1. The number of rotatable bonds is 4. The van der Waals surface area contributed by atoms with E-state index in [1.54, 1.807) is 18.2 Å². The number of aryl methyl sites for hydroxylation is 1. The van der Waals surface area contributed by atoms with Crippen LogP contribution in [0.1, 0.15) is 11.1 Å². The standard InChI is InChI=1S/C16H13ClO3/c1-11-5-2-3-8-14(11)20-16-12(9-10-15(18)19)6-4-7-13(16)17/h2-10H,1H3,(H,18,19)/b10-9+. The summed E-state index contributed by atoms with van der Waals surface area (Å²) in [6.07, 6.45) is 2.51. The van der Waals surface area contributed by atoms with Gasteiger partial charge in [0.1, 0.15) is 5.75 Å². The summed E-state index contributed by atoms with van der Waals surface area (Å²) in [5, 5.41) is 9.14. The van der Waals surface area contributed by atoms with Crippen molar-refractivity contribution < 1.29 is 14.6 Å². The minimum atomic E-state index is -1.02. The molecule has 20 heavy (non-hydrogen) atoms. The molecule has 0 spiro atoms. The van der Waals surface area contributed by atoms with Crippen LogP contribution in [0.3, 0.4) is 0 Å². The van der Waals surface area contributed by atoms with Crippen LogP contribution in [0.2, 0.25) is 5.02 Å². The molecule has 0 heterocycles. The predicted molar refractivity (Wildman–Crippen MR) is 79.4 cm³/mol. The highest BCUT2D eigenvalue weighted by Crippen LogP contribution is 2.34. The van der Waals surface area contributed by atoms with Crippen molar-refractivity contribution in [2.45, 2.75) is 6.92 Å². The summed E-state index contributed by atoms with van der Waals surface area (Å²) in [6.45, 7) is 1.93. The molecule has 0 unspecified atom stereocenters. The van der Waals surface area contributed by atoms with E-state index in [2.05, 4.69) is 0 Å². The summed E-state index contributed by atoms with van der Waals surface area (Å²) < 4.78 is 5.83. The Labute approximate surface area is 122 Å². The Bertz CT molecular complexity index is 663. The van der Waals surface area contributed by atoms with Crippen LogP contribution < -0.4 is 4.74 Å². The molecule has 0 aliphatic rings. The third-order valence-corrected chi connectivity index (χ3v) is 3.01. The highest BCUT2D eigenvalue weighted by atomic mass is 35.5. The van der Waals surface area contributed by atoms with Crippen LogP contribution in [0.15, 0.2) is 48.5 Å². The molecule has 0 saturated heterocycles. The monoisotopic (exact) mass is 288 g/mol. The molecule has 2 aromatic carbocycles. The lowest BCUT2D eigenvalue weighted by Gasteiger charge is -2.12. The van der Waals surface area contributed by atoms with Crippen molar-refractivity contribution in [3.8, 4) is 11.5 Å². The van der Waals surface area contributed by atoms with E-state index in [9.17, 15) is 4.79 Å². The summed E-state index contributed by atoms with van der Waals surface area (Å²) in [4.78, 5) is 10.6. The van der Waals surface area contributed by atoms with Crippen molar-refractivity contribution in [1.82, 2.24) is 0 Å². The van der Waals surface area contributed by atoms with Crippen molar-refractivity contribution in [3.63, 3.8) is 0 Å². The molecule has 1 N–H and O–H groups in total. The van der Waals surface area contributed by atoms with Crippen LogP contribution in [0, 0.1) is 6.92 Å². The van der Waals surface area contributed by atoms with Crippen LogP contribution in [0.4, 0.5) is 0 Å². The third-order valence-electron chi connectivity index (χ3n) is 2.71. The van der Waals surface area contributed by atoms with Gasteiger partial charge < -0.3 is 9.84 Å². The second-order valence-corrected chi connectivity index (χ2v) is 4.60. The number of para-hydroxylation sites is 2. The van der Waals surface area contributed by atoms with Gasteiger partial charge in [-0.1, -0.05) is 41.9 Å². The van der Waals surface area contributed by atoms with E-state index in [1.807, 2.05) is 31.2 Å². The first-order chi connectivity index (χ1) is 9.58. The Morgan fingerprint density at radius 1 is 1.20 bits per heavy atom. The maximum absolute atomic E-state index is 10.6. The van der Waals surface area contributed by atoms with Crippen LogP contribution in [0.5, 0.6) is 11.5 Å². The highest BCUT2D eigenvalue weighted by Gasteiger charge is 2.09. The lowest BCUT2D eigenvalue weighted by atomic mass is 10.1. The minimum absolute atomic E-state index is 0.431. The van der Waals surface area contributed by atoms with Crippen LogP contribution in [-0.4, -0.2) is 11.1 Å². The number of aliphatic carboxylic acids is 1. The fourth-order valence-electron chi connectivity index (χ4n) is 1.71. The first kappa shape index (κ1) is 14.2. The number of hydrogen-bond acceptors (Lipinski definition) is 2. The van der Waals surface area contributed by atoms with Crippen LogP contribution in [-0.2, 0) is 4.79 Å². The second-order valence-electron chi connectivity index (χ2n) is 4.20. The molecule has 0 amide bonds. The Morgan fingerprint density at radius 2 is 1.95 bits per heavy atom. The molecule has 0 aromatic heterocycles. The molecule has 0 radical (unpaired) electrons. The quantitative estimate of drug-likeness (QED) is 0.840. The summed E-state index contributed by atoms with van der Waals surface area (Å²) >= 11 is 6.14. The van der Waals surface area contributed by atoms with Gasteiger partial charge in [-0.3, -0.25) is 0 Å². The normalized spacial score (nSPS) is 10.7. The zero-order valence-corrected chi connectivity index (χ0v) is 11.6. The largest absolute Gasteiger partial charge is 0.478 e. The molecule has 2 rings (SSSR count). The fraction of sp³-hybridized carbons (Fsp3) is 0.0625. The van der Waals surface area contributed by atoms with E-state index >= 15 is 0 Å². The molecule has 4 heteroatoms.